The van der Waals surface area contributed by atoms with Gasteiger partial charge < -0.3 is 11.1 Å². The summed E-state index contributed by atoms with van der Waals surface area (Å²) in [6, 6.07) is 13.3. The minimum absolute atomic E-state index is 0.109. The van der Waals surface area contributed by atoms with Crippen molar-refractivity contribution in [2.24, 2.45) is 5.73 Å². The van der Waals surface area contributed by atoms with E-state index in [2.05, 4.69) is 5.32 Å². The van der Waals surface area contributed by atoms with Gasteiger partial charge in [0.1, 0.15) is 11.6 Å². The highest BCUT2D eigenvalue weighted by molar-refractivity contribution is 6.35. The average Bonchev–Trinajstić information content (AvgIpc) is 2.56. The molecule has 126 valence electrons. The van der Waals surface area contributed by atoms with E-state index in [1.165, 1.54) is 6.08 Å². The Balaban J connectivity index is 2.04. The van der Waals surface area contributed by atoms with Crippen LogP contribution in [-0.4, -0.2) is 11.8 Å². The Morgan fingerprint density at radius 2 is 1.84 bits per heavy atom. The van der Waals surface area contributed by atoms with Crippen LogP contribution in [0.4, 0.5) is 5.69 Å². The number of nitriles is 1. The normalized spacial score (nSPS) is 10.8. The van der Waals surface area contributed by atoms with Crippen molar-refractivity contribution in [1.29, 1.82) is 5.26 Å². The van der Waals surface area contributed by atoms with Crippen molar-refractivity contribution in [3.8, 4) is 6.07 Å². The number of primary amides is 1. The van der Waals surface area contributed by atoms with Gasteiger partial charge >= 0.3 is 0 Å². The molecule has 0 aliphatic heterocycles. The first-order chi connectivity index (χ1) is 11.9. The average molecular weight is 374 g/mol. The second-order valence-corrected chi connectivity index (χ2v) is 5.96. The predicted molar refractivity (Wildman–Crippen MR) is 98.0 cm³/mol. The minimum Gasteiger partial charge on any atom is -0.365 e. The lowest BCUT2D eigenvalue weighted by Crippen LogP contribution is -2.14. The Hall–Kier alpha value is -2.81. The molecule has 3 N–H and O–H groups in total. The largest absolute Gasteiger partial charge is 0.365 e. The lowest BCUT2D eigenvalue weighted by molar-refractivity contribution is -0.116. The van der Waals surface area contributed by atoms with Gasteiger partial charge in [-0.25, -0.2) is 0 Å². The summed E-state index contributed by atoms with van der Waals surface area (Å²) < 4.78 is 0. The van der Waals surface area contributed by atoms with Gasteiger partial charge in [-0.3, -0.25) is 9.59 Å². The van der Waals surface area contributed by atoms with Gasteiger partial charge in [0.2, 0.25) is 5.91 Å². The van der Waals surface area contributed by atoms with Gasteiger partial charge in [-0.1, -0.05) is 41.4 Å². The number of hydrogen-bond donors (Lipinski definition) is 2. The molecule has 2 amide bonds. The van der Waals surface area contributed by atoms with Crippen LogP contribution in [0.15, 0.2) is 48.0 Å². The van der Waals surface area contributed by atoms with Gasteiger partial charge in [0.05, 0.1) is 6.42 Å². The molecule has 0 unspecified atom stereocenters. The van der Waals surface area contributed by atoms with Crippen LogP contribution < -0.4 is 11.1 Å². The van der Waals surface area contributed by atoms with Crippen LogP contribution in [0.25, 0.3) is 6.08 Å². The summed E-state index contributed by atoms with van der Waals surface area (Å²) >= 11 is 11.9. The van der Waals surface area contributed by atoms with E-state index >= 15 is 0 Å². The standard InChI is InChI=1S/C18H13Cl2N3O2/c19-14-4-3-12(16(20)9-14)8-17(24)23-15-5-1-11(2-6-15)7-13(10-21)18(22)25/h1-7,9H,8H2,(H2,22,25)(H,23,24)/b13-7+. The molecule has 0 spiro atoms. The van der Waals surface area contributed by atoms with Gasteiger partial charge in [-0.05, 0) is 41.5 Å². The van der Waals surface area contributed by atoms with E-state index < -0.39 is 5.91 Å². The summed E-state index contributed by atoms with van der Waals surface area (Å²) in [7, 11) is 0. The molecule has 5 nitrogen and oxygen atoms in total. The van der Waals surface area contributed by atoms with Crippen LogP contribution in [0.1, 0.15) is 11.1 Å². The second kappa shape index (κ2) is 8.34. The van der Waals surface area contributed by atoms with Crippen LogP contribution >= 0.6 is 23.2 Å². The highest BCUT2D eigenvalue weighted by atomic mass is 35.5. The number of nitrogens with one attached hydrogen (secondary N) is 1. The number of carbonyl (C=O) groups is 2. The first kappa shape index (κ1) is 18.5. The number of rotatable bonds is 5. The van der Waals surface area contributed by atoms with E-state index in [4.69, 9.17) is 34.2 Å². The van der Waals surface area contributed by atoms with Crippen LogP contribution in [0.3, 0.4) is 0 Å². The van der Waals surface area contributed by atoms with E-state index in [-0.39, 0.29) is 17.9 Å². The zero-order valence-corrected chi connectivity index (χ0v) is 14.4. The fourth-order valence-electron chi connectivity index (χ4n) is 2.03. The van der Waals surface area contributed by atoms with Gasteiger partial charge in [-0.2, -0.15) is 5.26 Å². The van der Waals surface area contributed by atoms with Crippen LogP contribution in [0.5, 0.6) is 0 Å². The number of nitrogens with two attached hydrogens (primary N) is 1. The molecule has 0 aromatic heterocycles. The number of halogens is 2. The summed E-state index contributed by atoms with van der Waals surface area (Å²) in [5.74, 6) is -1.03. The molecule has 0 atom stereocenters. The molecular weight excluding hydrogens is 361 g/mol. The Labute approximate surface area is 154 Å². The lowest BCUT2D eigenvalue weighted by Gasteiger charge is -2.07. The molecular formula is C18H13Cl2N3O2. The summed E-state index contributed by atoms with van der Waals surface area (Å²) in [4.78, 5) is 23.1. The molecule has 0 aliphatic carbocycles. The zero-order valence-electron chi connectivity index (χ0n) is 12.9. The highest BCUT2D eigenvalue weighted by Gasteiger charge is 2.08. The molecule has 0 aliphatic rings. The topological polar surface area (TPSA) is 96.0 Å². The molecule has 0 bridgehead atoms. The first-order valence-electron chi connectivity index (χ1n) is 7.14. The van der Waals surface area contributed by atoms with Crippen molar-refractivity contribution in [1.82, 2.24) is 0 Å². The molecule has 0 saturated carbocycles. The quantitative estimate of drug-likeness (QED) is 0.619. The molecule has 0 radical (unpaired) electrons. The van der Waals surface area contributed by atoms with Gasteiger partial charge in [0, 0.05) is 15.7 Å². The molecule has 0 heterocycles. The van der Waals surface area contributed by atoms with E-state index in [1.54, 1.807) is 48.5 Å². The Bertz CT molecular complexity index is 884. The number of anilines is 1. The summed E-state index contributed by atoms with van der Waals surface area (Å²) in [5, 5.41) is 12.5. The summed E-state index contributed by atoms with van der Waals surface area (Å²) in [6.07, 6.45) is 1.49. The third-order valence-corrected chi connectivity index (χ3v) is 3.84. The third kappa shape index (κ3) is 5.35. The Morgan fingerprint density at radius 1 is 1.16 bits per heavy atom. The number of nitrogens with zero attached hydrogens (tertiary/aromatic N) is 1. The molecule has 2 aromatic rings. The van der Waals surface area contributed by atoms with Crippen molar-refractivity contribution >= 4 is 46.8 Å². The van der Waals surface area contributed by atoms with Crippen molar-refractivity contribution in [3.05, 3.63) is 69.2 Å². The van der Waals surface area contributed by atoms with Crippen LogP contribution in [0, 0.1) is 11.3 Å². The second-order valence-electron chi connectivity index (χ2n) is 5.12. The third-order valence-electron chi connectivity index (χ3n) is 3.26. The maximum absolute atomic E-state index is 12.1. The SMILES string of the molecule is N#C/C(=C\c1ccc(NC(=O)Cc2ccc(Cl)cc2Cl)cc1)C(N)=O. The molecule has 0 fully saturated rings. The molecule has 0 saturated heterocycles. The van der Waals surface area contributed by atoms with Gasteiger partial charge in [-0.15, -0.1) is 0 Å². The van der Waals surface area contributed by atoms with Gasteiger partial charge in [0.25, 0.3) is 5.91 Å². The van der Waals surface area contributed by atoms with E-state index in [1.807, 2.05) is 0 Å². The van der Waals surface area contributed by atoms with Crippen molar-refractivity contribution in [3.63, 3.8) is 0 Å². The fraction of sp³-hybridized carbons (Fsp3) is 0.0556. The predicted octanol–water partition coefficient (Wildman–Crippen LogP) is 3.57. The minimum atomic E-state index is -0.792. The summed E-state index contributed by atoms with van der Waals surface area (Å²) in [5.41, 5.74) is 6.80. The lowest BCUT2D eigenvalue weighted by atomic mass is 10.1. The van der Waals surface area contributed by atoms with Crippen LogP contribution in [-0.2, 0) is 16.0 Å². The maximum Gasteiger partial charge on any atom is 0.259 e. The highest BCUT2D eigenvalue weighted by Crippen LogP contribution is 2.22. The number of carbonyl (C=O) groups excluding carboxylic acids is 2. The smallest absolute Gasteiger partial charge is 0.259 e. The molecule has 7 heteroatoms. The van der Waals surface area contributed by atoms with E-state index in [9.17, 15) is 9.59 Å². The van der Waals surface area contributed by atoms with Crippen molar-refractivity contribution < 1.29 is 9.59 Å². The molecule has 2 aromatic carbocycles. The van der Waals surface area contributed by atoms with Gasteiger partial charge in [0.15, 0.2) is 0 Å². The van der Waals surface area contributed by atoms with Crippen molar-refractivity contribution in [2.75, 3.05) is 5.32 Å². The molecule has 25 heavy (non-hydrogen) atoms. The van der Waals surface area contributed by atoms with E-state index in [0.29, 0.717) is 26.9 Å². The zero-order chi connectivity index (χ0) is 18.4. The maximum atomic E-state index is 12.1. The first-order valence-corrected chi connectivity index (χ1v) is 7.90. The monoisotopic (exact) mass is 373 g/mol. The van der Waals surface area contributed by atoms with Crippen LogP contribution in [0.2, 0.25) is 10.0 Å². The Kier molecular flexibility index (Phi) is 6.18. The number of hydrogen-bond acceptors (Lipinski definition) is 3. The van der Waals surface area contributed by atoms with Crippen molar-refractivity contribution in [2.45, 2.75) is 6.42 Å². The number of benzene rings is 2. The Morgan fingerprint density at radius 3 is 2.40 bits per heavy atom. The van der Waals surface area contributed by atoms with E-state index in [0.717, 1.165) is 0 Å². The molecule has 2 rings (SSSR count). The number of amides is 2. The fourth-order valence-corrected chi connectivity index (χ4v) is 2.51. The summed E-state index contributed by atoms with van der Waals surface area (Å²) in [6.45, 7) is 0.